The topological polar surface area (TPSA) is 84.9 Å². The minimum atomic E-state index is -1.03. The molecule has 0 fully saturated rings. The summed E-state index contributed by atoms with van der Waals surface area (Å²) < 4.78 is 11.2. The van der Waals surface area contributed by atoms with Crippen molar-refractivity contribution in [2.45, 2.75) is 19.4 Å². The summed E-state index contributed by atoms with van der Waals surface area (Å²) in [6.45, 7) is 2.70. The lowest BCUT2D eigenvalue weighted by atomic mass is 10.2. The first-order valence-electron chi connectivity index (χ1n) is 6.42. The van der Waals surface area contributed by atoms with Crippen molar-refractivity contribution in [3.05, 3.63) is 27.3 Å². The largest absolute Gasteiger partial charge is 0.480 e. The molecule has 1 atom stereocenters. The molecule has 1 aromatic carbocycles. The Labute approximate surface area is 137 Å². The van der Waals surface area contributed by atoms with E-state index in [-0.39, 0.29) is 11.5 Å². The summed E-state index contributed by atoms with van der Waals surface area (Å²) in [5, 5.41) is 11.7. The Morgan fingerprint density at radius 3 is 2.76 bits per heavy atom. The van der Waals surface area contributed by atoms with E-state index in [0.717, 1.165) is 9.99 Å². The average Bonchev–Trinajstić information content (AvgIpc) is 2.45. The quantitative estimate of drug-likeness (QED) is 0.508. The molecule has 1 rings (SSSR count). The highest BCUT2D eigenvalue weighted by molar-refractivity contribution is 14.1. The molecule has 6 nitrogen and oxygen atoms in total. The first-order valence-corrected chi connectivity index (χ1v) is 7.49. The van der Waals surface area contributed by atoms with Gasteiger partial charge in [-0.25, -0.2) is 4.79 Å². The number of benzene rings is 1. The van der Waals surface area contributed by atoms with Crippen LogP contribution in [0, 0.1) is 3.57 Å². The molecule has 7 heteroatoms. The molecule has 0 aliphatic rings. The highest BCUT2D eigenvalue weighted by atomic mass is 127. The molecule has 116 valence electrons. The van der Waals surface area contributed by atoms with Crippen LogP contribution in [0.4, 0.5) is 0 Å². The number of halogens is 1. The van der Waals surface area contributed by atoms with E-state index in [1.165, 1.54) is 12.1 Å². The maximum Gasteiger partial charge on any atom is 0.335 e. The lowest BCUT2D eigenvalue weighted by molar-refractivity contribution is -0.127. The van der Waals surface area contributed by atoms with Crippen molar-refractivity contribution >= 4 is 34.5 Å². The lowest BCUT2D eigenvalue weighted by Crippen LogP contribution is -2.37. The smallest absolute Gasteiger partial charge is 0.335 e. The molecule has 1 unspecified atom stereocenters. The van der Waals surface area contributed by atoms with Gasteiger partial charge >= 0.3 is 5.97 Å². The van der Waals surface area contributed by atoms with Crippen LogP contribution in [0.15, 0.2) is 18.2 Å². The molecular weight excluding hydrogens is 389 g/mol. The zero-order valence-electron chi connectivity index (χ0n) is 11.9. The number of rotatable bonds is 8. The molecule has 0 spiro atoms. The van der Waals surface area contributed by atoms with Crippen LogP contribution in [-0.2, 0) is 9.53 Å². The fraction of sp³-hybridized carbons (Fsp3) is 0.429. The fourth-order valence-corrected chi connectivity index (χ4v) is 2.01. The van der Waals surface area contributed by atoms with E-state index in [9.17, 15) is 9.59 Å². The van der Waals surface area contributed by atoms with E-state index < -0.39 is 12.1 Å². The highest BCUT2D eigenvalue weighted by Crippen LogP contribution is 2.23. The summed E-state index contributed by atoms with van der Waals surface area (Å²) in [5.74, 6) is -0.898. The minimum absolute atomic E-state index is 0.123. The Kier molecular flexibility index (Phi) is 7.44. The van der Waals surface area contributed by atoms with Gasteiger partial charge in [-0.1, -0.05) is 0 Å². The van der Waals surface area contributed by atoms with Crippen molar-refractivity contribution in [3.63, 3.8) is 0 Å². The fourth-order valence-electron chi connectivity index (χ4n) is 1.54. The summed E-state index contributed by atoms with van der Waals surface area (Å²) in [4.78, 5) is 22.8. The number of carbonyl (C=O) groups is 2. The normalized spacial score (nSPS) is 11.8. The molecule has 0 aliphatic heterocycles. The zero-order valence-corrected chi connectivity index (χ0v) is 14.0. The minimum Gasteiger partial charge on any atom is -0.480 e. The second kappa shape index (κ2) is 8.83. The van der Waals surface area contributed by atoms with Crippen molar-refractivity contribution in [2.24, 2.45) is 0 Å². The summed E-state index contributed by atoms with van der Waals surface area (Å²) >= 11 is 2.03. The number of ether oxygens (including phenoxy) is 2. The summed E-state index contributed by atoms with van der Waals surface area (Å²) in [7, 11) is 1.60. The molecule has 21 heavy (non-hydrogen) atoms. The zero-order chi connectivity index (χ0) is 15.8. The molecular formula is C14H18INO5. The van der Waals surface area contributed by atoms with Crippen molar-refractivity contribution in [1.82, 2.24) is 5.32 Å². The van der Waals surface area contributed by atoms with Gasteiger partial charge in [-0.2, -0.15) is 0 Å². The molecule has 0 saturated heterocycles. The SMILES string of the molecule is COCCCNC(=O)C(C)Oc1cc(C(=O)O)ccc1I. The van der Waals surface area contributed by atoms with Gasteiger partial charge in [0.25, 0.3) is 5.91 Å². The van der Waals surface area contributed by atoms with Gasteiger partial charge in [0.2, 0.25) is 0 Å². The van der Waals surface area contributed by atoms with E-state index in [0.29, 0.717) is 18.9 Å². The van der Waals surface area contributed by atoms with Gasteiger partial charge in [-0.15, -0.1) is 0 Å². The number of carboxylic acids is 1. The van der Waals surface area contributed by atoms with E-state index in [1.807, 2.05) is 22.6 Å². The number of nitrogens with one attached hydrogen (secondary N) is 1. The Bertz CT molecular complexity index is 506. The van der Waals surface area contributed by atoms with Crippen molar-refractivity contribution in [1.29, 1.82) is 0 Å². The molecule has 0 heterocycles. The lowest BCUT2D eigenvalue weighted by Gasteiger charge is -2.16. The average molecular weight is 407 g/mol. The van der Waals surface area contributed by atoms with Crippen LogP contribution in [0.1, 0.15) is 23.7 Å². The summed E-state index contributed by atoms with van der Waals surface area (Å²) in [5.41, 5.74) is 0.123. The predicted octanol–water partition coefficient (Wildman–Crippen LogP) is 1.91. The van der Waals surface area contributed by atoms with Crippen LogP contribution >= 0.6 is 22.6 Å². The van der Waals surface area contributed by atoms with Crippen LogP contribution in [0.3, 0.4) is 0 Å². The van der Waals surface area contributed by atoms with Crippen molar-refractivity contribution in [3.8, 4) is 5.75 Å². The number of aromatic carboxylic acids is 1. The number of amides is 1. The van der Waals surface area contributed by atoms with Gasteiger partial charge < -0.3 is 19.9 Å². The standard InChI is InChI=1S/C14H18INO5/c1-9(13(17)16-6-3-7-20-2)21-12-8-10(14(18)19)4-5-11(12)15/h4-5,8-9H,3,6-7H2,1-2H3,(H,16,17)(H,18,19). The van der Waals surface area contributed by atoms with E-state index in [4.69, 9.17) is 14.6 Å². The first-order chi connectivity index (χ1) is 9.95. The van der Waals surface area contributed by atoms with Crippen molar-refractivity contribution < 1.29 is 24.2 Å². The Morgan fingerprint density at radius 1 is 1.43 bits per heavy atom. The van der Waals surface area contributed by atoms with E-state index >= 15 is 0 Å². The van der Waals surface area contributed by atoms with Crippen molar-refractivity contribution in [2.75, 3.05) is 20.3 Å². The second-order valence-corrected chi connectivity index (χ2v) is 5.51. The van der Waals surface area contributed by atoms with Gasteiger partial charge in [0.05, 0.1) is 9.13 Å². The third-order valence-electron chi connectivity index (χ3n) is 2.68. The van der Waals surface area contributed by atoms with E-state index in [2.05, 4.69) is 5.32 Å². The van der Waals surface area contributed by atoms with Gasteiger partial charge in [-0.05, 0) is 54.1 Å². The molecule has 0 aromatic heterocycles. The maximum atomic E-state index is 11.8. The molecule has 0 radical (unpaired) electrons. The summed E-state index contributed by atoms with van der Waals surface area (Å²) in [6, 6.07) is 4.55. The third kappa shape index (κ3) is 5.88. The molecule has 1 amide bonds. The molecule has 0 aliphatic carbocycles. The van der Waals surface area contributed by atoms with Gasteiger partial charge in [0.15, 0.2) is 6.10 Å². The van der Waals surface area contributed by atoms with Gasteiger partial charge in [0, 0.05) is 20.3 Å². The van der Waals surface area contributed by atoms with Crippen LogP contribution in [0.5, 0.6) is 5.75 Å². The molecule has 2 N–H and O–H groups in total. The summed E-state index contributed by atoms with van der Waals surface area (Å²) in [6.07, 6.45) is 0.0196. The number of methoxy groups -OCH3 is 1. The van der Waals surface area contributed by atoms with Gasteiger partial charge in [0.1, 0.15) is 5.75 Å². The number of hydrogen-bond donors (Lipinski definition) is 2. The molecule has 0 bridgehead atoms. The highest BCUT2D eigenvalue weighted by Gasteiger charge is 2.16. The molecule has 0 saturated carbocycles. The number of hydrogen-bond acceptors (Lipinski definition) is 4. The monoisotopic (exact) mass is 407 g/mol. The van der Waals surface area contributed by atoms with Gasteiger partial charge in [-0.3, -0.25) is 4.79 Å². The Morgan fingerprint density at radius 2 is 2.14 bits per heavy atom. The Hall–Kier alpha value is -1.35. The molecule has 1 aromatic rings. The maximum absolute atomic E-state index is 11.8. The van der Waals surface area contributed by atoms with Crippen LogP contribution in [-0.4, -0.2) is 43.3 Å². The third-order valence-corrected chi connectivity index (χ3v) is 3.57. The van der Waals surface area contributed by atoms with Crippen LogP contribution < -0.4 is 10.1 Å². The second-order valence-electron chi connectivity index (χ2n) is 4.35. The first kappa shape index (κ1) is 17.7. The predicted molar refractivity (Wildman–Crippen MR) is 85.7 cm³/mol. The number of carbonyl (C=O) groups excluding carboxylic acids is 1. The van der Waals surface area contributed by atoms with Crippen LogP contribution in [0.2, 0.25) is 0 Å². The van der Waals surface area contributed by atoms with E-state index in [1.54, 1.807) is 20.1 Å². The Balaban J connectivity index is 2.61. The number of carboxylic acid groups (broad SMARTS) is 1. The van der Waals surface area contributed by atoms with Crippen LogP contribution in [0.25, 0.3) is 0 Å².